The largest absolute Gasteiger partial charge is 0.392 e. The van der Waals surface area contributed by atoms with Gasteiger partial charge in [0.1, 0.15) is 24.7 Å². The van der Waals surface area contributed by atoms with Gasteiger partial charge in [0.05, 0.1) is 64.1 Å². The van der Waals surface area contributed by atoms with Crippen LogP contribution in [0.5, 0.6) is 0 Å². The van der Waals surface area contributed by atoms with E-state index in [0.717, 1.165) is 16.7 Å². The second kappa shape index (κ2) is 30.1. The van der Waals surface area contributed by atoms with Crippen molar-refractivity contribution in [2.45, 2.75) is 97.2 Å². The van der Waals surface area contributed by atoms with Gasteiger partial charge < -0.3 is 66.6 Å². The molecule has 72 heavy (non-hydrogen) atoms. The van der Waals surface area contributed by atoms with Gasteiger partial charge in [-0.15, -0.1) is 0 Å². The first-order valence-electron chi connectivity index (χ1n) is 24.0. The van der Waals surface area contributed by atoms with E-state index in [1.807, 2.05) is 48.5 Å². The van der Waals surface area contributed by atoms with Gasteiger partial charge >= 0.3 is 6.03 Å². The van der Waals surface area contributed by atoms with Gasteiger partial charge in [-0.3, -0.25) is 28.8 Å². The summed E-state index contributed by atoms with van der Waals surface area (Å²) < 4.78 is 22.4. The number of rotatable bonds is 29. The van der Waals surface area contributed by atoms with Crippen LogP contribution in [0.3, 0.4) is 0 Å². The lowest BCUT2D eigenvalue weighted by Gasteiger charge is -2.28. The Morgan fingerprint density at radius 2 is 1.36 bits per heavy atom. The molecule has 0 saturated carbocycles. The highest BCUT2D eigenvalue weighted by Gasteiger charge is 2.32. The van der Waals surface area contributed by atoms with Gasteiger partial charge in [0.2, 0.25) is 35.4 Å². The van der Waals surface area contributed by atoms with E-state index in [1.165, 1.54) is 0 Å². The molecule has 20 nitrogen and oxygen atoms in total. The van der Waals surface area contributed by atoms with Crippen LogP contribution < -0.4 is 42.5 Å². The molecule has 3 aromatic rings. The van der Waals surface area contributed by atoms with E-state index in [2.05, 4.69) is 43.7 Å². The number of aliphatic hydroxyl groups excluding tert-OH is 1. The van der Waals surface area contributed by atoms with E-state index in [-0.39, 0.29) is 96.8 Å². The number of amides is 8. The van der Waals surface area contributed by atoms with Crippen molar-refractivity contribution >= 4 is 52.8 Å². The van der Waals surface area contributed by atoms with Crippen molar-refractivity contribution in [3.05, 3.63) is 95.1 Å². The third kappa shape index (κ3) is 20.8. The van der Waals surface area contributed by atoms with E-state index in [9.17, 15) is 38.7 Å². The average molecular weight is 999 g/mol. The maximum absolute atomic E-state index is 13.8. The number of aliphatic hydroxyl groups is 1. The summed E-state index contributed by atoms with van der Waals surface area (Å²) in [5, 5.41) is 25.4. The normalized spacial score (nSPS) is 13.1. The molecule has 390 valence electrons. The maximum Gasteiger partial charge on any atom is 0.312 e. The standard InChI is InChI=1S/C52H70N8O12/c1-35(2)47(50(67)58-41(14-10-24-55-51(53)68)48(65)56-40-20-16-36(32-61)17-21-40)59-49(66)42(33-72-52(3,4)5)57-45(63)34-71-30-29-70-28-27-69-26-25-54-44(62)22-23-46(64)60-31-39-13-7-6-11-37(39)18-19-38-12-8-9-15-43(38)60/h6-9,11-13,15-17,20-21,35,41-42,47,61H,10,14,22-34H2,1-5H3,(H,54,62)(H,56,65)(H,57,63)(H,58,67)(H,59,66)(H3,53,55,68)/t41-,42-,47-/m0/s1. The Morgan fingerprint density at radius 1 is 0.708 bits per heavy atom. The van der Waals surface area contributed by atoms with Crippen LogP contribution in [-0.2, 0) is 60.9 Å². The highest BCUT2D eigenvalue weighted by atomic mass is 16.5. The number of nitrogens with zero attached hydrogens (tertiary/aromatic N) is 1. The van der Waals surface area contributed by atoms with Crippen LogP contribution in [0.1, 0.15) is 82.6 Å². The molecule has 8 amide bonds. The Kier molecular flexibility index (Phi) is 24.1. The minimum absolute atomic E-state index is 0.0120. The number of carbonyl (C=O) groups is 7. The number of urea groups is 1. The zero-order chi connectivity index (χ0) is 52.5. The fraction of sp³-hybridized carbons (Fsp3) is 0.481. The minimum atomic E-state index is -1.22. The van der Waals surface area contributed by atoms with Gasteiger partial charge in [-0.05, 0) is 81.0 Å². The molecule has 3 atom stereocenters. The highest BCUT2D eigenvalue weighted by Crippen LogP contribution is 2.26. The lowest BCUT2D eigenvalue weighted by atomic mass is 10.0. The number of benzene rings is 3. The molecule has 0 fully saturated rings. The fourth-order valence-corrected chi connectivity index (χ4v) is 7.03. The molecule has 20 heteroatoms. The van der Waals surface area contributed by atoms with E-state index in [1.54, 1.807) is 63.8 Å². The lowest BCUT2D eigenvalue weighted by molar-refractivity contribution is -0.137. The predicted octanol–water partition coefficient (Wildman–Crippen LogP) is 2.38. The van der Waals surface area contributed by atoms with Crippen molar-refractivity contribution < 1.29 is 57.6 Å². The number of carbonyl (C=O) groups excluding carboxylic acids is 7. The number of nitrogens with one attached hydrogen (secondary N) is 6. The molecule has 1 aliphatic heterocycles. The topological polar surface area (TPSA) is 278 Å². The Labute approximate surface area is 421 Å². The number of hydrogen-bond donors (Lipinski definition) is 8. The summed E-state index contributed by atoms with van der Waals surface area (Å²) in [6.07, 6.45) is 0.426. The van der Waals surface area contributed by atoms with Crippen LogP contribution in [0.2, 0.25) is 0 Å². The number of nitrogens with two attached hydrogens (primary N) is 1. The minimum Gasteiger partial charge on any atom is -0.392 e. The molecule has 0 bridgehead atoms. The third-order valence-electron chi connectivity index (χ3n) is 10.9. The molecule has 1 heterocycles. The molecule has 0 aliphatic carbocycles. The van der Waals surface area contributed by atoms with Crippen LogP contribution in [0.15, 0.2) is 72.8 Å². The van der Waals surface area contributed by atoms with Crippen LogP contribution in [-0.4, -0.2) is 130 Å². The van der Waals surface area contributed by atoms with Crippen LogP contribution in [0.4, 0.5) is 16.2 Å². The number of fused-ring (bicyclic) bond motifs is 2. The first kappa shape index (κ1) is 57.7. The molecular formula is C52H70N8O12. The fourth-order valence-electron chi connectivity index (χ4n) is 7.03. The number of primary amides is 1. The van der Waals surface area contributed by atoms with Crippen molar-refractivity contribution in [1.29, 1.82) is 0 Å². The monoisotopic (exact) mass is 999 g/mol. The van der Waals surface area contributed by atoms with Crippen molar-refractivity contribution in [3.8, 4) is 11.8 Å². The van der Waals surface area contributed by atoms with Crippen molar-refractivity contribution in [1.82, 2.24) is 26.6 Å². The molecule has 1 aliphatic rings. The first-order valence-corrected chi connectivity index (χ1v) is 24.0. The molecular weight excluding hydrogens is 929 g/mol. The molecule has 3 aromatic carbocycles. The van der Waals surface area contributed by atoms with E-state index in [4.69, 9.17) is 24.7 Å². The second-order valence-corrected chi connectivity index (χ2v) is 18.1. The van der Waals surface area contributed by atoms with E-state index in [0.29, 0.717) is 23.5 Å². The van der Waals surface area contributed by atoms with Gasteiger partial charge in [0.15, 0.2) is 0 Å². The van der Waals surface area contributed by atoms with E-state index >= 15 is 0 Å². The molecule has 0 aromatic heterocycles. The lowest BCUT2D eigenvalue weighted by Crippen LogP contribution is -2.59. The van der Waals surface area contributed by atoms with Crippen LogP contribution in [0.25, 0.3) is 0 Å². The number of hydrogen-bond acceptors (Lipinski definition) is 12. The molecule has 0 radical (unpaired) electrons. The summed E-state index contributed by atoms with van der Waals surface area (Å²) in [7, 11) is 0. The van der Waals surface area contributed by atoms with Crippen LogP contribution in [0, 0.1) is 17.8 Å². The Hall–Kier alpha value is -6.89. The number of anilines is 2. The molecule has 9 N–H and O–H groups in total. The number of para-hydroxylation sites is 1. The van der Waals surface area contributed by atoms with Gasteiger partial charge in [-0.25, -0.2) is 4.79 Å². The van der Waals surface area contributed by atoms with Crippen LogP contribution >= 0.6 is 0 Å². The van der Waals surface area contributed by atoms with Crippen molar-refractivity contribution in [2.75, 3.05) is 69.6 Å². The van der Waals surface area contributed by atoms with Gasteiger partial charge in [0, 0.05) is 42.7 Å². The summed E-state index contributed by atoms with van der Waals surface area (Å²) in [5.74, 6) is 2.91. The average Bonchev–Trinajstić information content (AvgIpc) is 3.34. The summed E-state index contributed by atoms with van der Waals surface area (Å²) in [6.45, 7) is 9.56. The van der Waals surface area contributed by atoms with Crippen molar-refractivity contribution in [3.63, 3.8) is 0 Å². The van der Waals surface area contributed by atoms with Gasteiger partial charge in [-0.2, -0.15) is 0 Å². The summed E-state index contributed by atoms with van der Waals surface area (Å²) in [5.41, 5.74) is 8.80. The quantitative estimate of drug-likeness (QED) is 0.0368. The molecule has 4 rings (SSSR count). The predicted molar refractivity (Wildman–Crippen MR) is 269 cm³/mol. The number of ether oxygens (including phenoxy) is 4. The Morgan fingerprint density at radius 3 is 2.04 bits per heavy atom. The zero-order valence-electron chi connectivity index (χ0n) is 41.8. The second-order valence-electron chi connectivity index (χ2n) is 18.1. The summed E-state index contributed by atoms with van der Waals surface area (Å²) in [4.78, 5) is 92.8. The SMILES string of the molecule is CC(C)[C@H](NC(=O)[C@H](COC(C)(C)C)NC(=O)COCCOCCOCCNC(=O)CCC(=O)N1Cc2ccccc2C#Cc2ccccc21)C(=O)N[C@@H](CCCNC(N)=O)C(=O)Nc1ccc(CO)cc1. The smallest absolute Gasteiger partial charge is 0.312 e. The first-order chi connectivity index (χ1) is 34.4. The highest BCUT2D eigenvalue weighted by molar-refractivity contribution is 5.99. The summed E-state index contributed by atoms with van der Waals surface area (Å²) >= 11 is 0. The third-order valence-corrected chi connectivity index (χ3v) is 10.9. The Balaban J connectivity index is 1.15. The van der Waals surface area contributed by atoms with Gasteiger partial charge in [-0.1, -0.05) is 68.2 Å². The zero-order valence-corrected chi connectivity index (χ0v) is 41.8. The maximum atomic E-state index is 13.8. The van der Waals surface area contributed by atoms with Crippen molar-refractivity contribution in [2.24, 2.45) is 11.7 Å². The Bertz CT molecular complexity index is 2340. The molecule has 0 unspecified atom stereocenters. The van der Waals surface area contributed by atoms with Gasteiger partial charge in [0.25, 0.3) is 0 Å². The van der Waals surface area contributed by atoms with E-state index < -0.39 is 65.9 Å². The molecule has 0 saturated heterocycles. The molecule has 0 spiro atoms. The summed E-state index contributed by atoms with van der Waals surface area (Å²) in [6, 6.07) is 17.5.